The fourth-order valence-electron chi connectivity index (χ4n) is 3.07. The SMILES string of the molecule is CN(C)c1ccc(C2=C/C(=C3/C(=O)Nc4cc(F)ccc43)OC2)cc1. The normalized spacial score (nSPS) is 18.5. The molecular formula is C20H17FN2O2. The molecule has 0 bridgehead atoms. The number of amides is 1. The minimum Gasteiger partial charge on any atom is -0.488 e. The molecular weight excluding hydrogens is 319 g/mol. The molecule has 1 amide bonds. The van der Waals surface area contributed by atoms with Crippen molar-refractivity contribution < 1.29 is 13.9 Å². The molecule has 0 saturated heterocycles. The summed E-state index contributed by atoms with van der Waals surface area (Å²) in [5.41, 5.74) is 4.79. The first kappa shape index (κ1) is 15.4. The Morgan fingerprint density at radius 2 is 1.88 bits per heavy atom. The number of halogens is 1. The Labute approximate surface area is 145 Å². The number of nitrogens with zero attached hydrogens (tertiary/aromatic N) is 1. The zero-order valence-electron chi connectivity index (χ0n) is 14.0. The Morgan fingerprint density at radius 3 is 2.60 bits per heavy atom. The highest BCUT2D eigenvalue weighted by Gasteiger charge is 2.30. The summed E-state index contributed by atoms with van der Waals surface area (Å²) in [5.74, 6) is -0.125. The molecule has 2 aliphatic heterocycles. The van der Waals surface area contributed by atoms with Crippen LogP contribution >= 0.6 is 0 Å². The van der Waals surface area contributed by atoms with Crippen molar-refractivity contribution in [1.29, 1.82) is 0 Å². The van der Waals surface area contributed by atoms with Crippen molar-refractivity contribution >= 4 is 28.4 Å². The molecule has 0 unspecified atom stereocenters. The number of benzene rings is 2. The minimum absolute atomic E-state index is 0.268. The lowest BCUT2D eigenvalue weighted by Crippen LogP contribution is -2.08. The number of allylic oxidation sites excluding steroid dienone is 1. The number of fused-ring (bicyclic) bond motifs is 1. The second-order valence-corrected chi connectivity index (χ2v) is 6.28. The average molecular weight is 336 g/mol. The molecule has 2 aliphatic rings. The molecule has 4 rings (SSSR count). The molecule has 0 atom stereocenters. The van der Waals surface area contributed by atoms with Crippen LogP contribution in [-0.2, 0) is 9.53 Å². The van der Waals surface area contributed by atoms with Gasteiger partial charge in [-0.2, -0.15) is 0 Å². The molecule has 2 heterocycles. The summed E-state index contributed by atoms with van der Waals surface area (Å²) in [7, 11) is 3.99. The van der Waals surface area contributed by atoms with Gasteiger partial charge >= 0.3 is 0 Å². The van der Waals surface area contributed by atoms with Crippen LogP contribution in [0.3, 0.4) is 0 Å². The number of hydrogen-bond donors (Lipinski definition) is 1. The quantitative estimate of drug-likeness (QED) is 0.851. The number of ether oxygens (including phenoxy) is 1. The molecule has 2 aromatic carbocycles. The monoisotopic (exact) mass is 336 g/mol. The highest BCUT2D eigenvalue weighted by molar-refractivity contribution is 6.32. The molecule has 126 valence electrons. The second kappa shape index (κ2) is 5.77. The molecule has 0 fully saturated rings. The predicted octanol–water partition coefficient (Wildman–Crippen LogP) is 3.67. The van der Waals surface area contributed by atoms with Crippen molar-refractivity contribution in [1.82, 2.24) is 0 Å². The second-order valence-electron chi connectivity index (χ2n) is 6.28. The van der Waals surface area contributed by atoms with Crippen LogP contribution in [0.1, 0.15) is 11.1 Å². The molecule has 2 aromatic rings. The van der Waals surface area contributed by atoms with Crippen LogP contribution < -0.4 is 10.2 Å². The summed E-state index contributed by atoms with van der Waals surface area (Å²) in [6, 6.07) is 12.4. The van der Waals surface area contributed by atoms with Crippen LogP contribution in [0, 0.1) is 5.82 Å². The van der Waals surface area contributed by atoms with Crippen LogP contribution in [-0.4, -0.2) is 26.6 Å². The number of rotatable bonds is 2. The largest absolute Gasteiger partial charge is 0.488 e. The van der Waals surface area contributed by atoms with Crippen LogP contribution in [0.4, 0.5) is 15.8 Å². The Morgan fingerprint density at radius 1 is 1.12 bits per heavy atom. The van der Waals surface area contributed by atoms with E-state index in [1.165, 1.54) is 12.1 Å². The first-order chi connectivity index (χ1) is 12.0. The van der Waals surface area contributed by atoms with E-state index in [1.807, 2.05) is 49.3 Å². The standard InChI is InChI=1S/C20H17FN2O2/c1-23(2)15-6-3-12(4-7-15)13-9-18(25-11-13)19-16-8-5-14(21)10-17(16)22-20(19)24/h3-10H,11H2,1-2H3,(H,22,24)/b19-18-. The fourth-order valence-corrected chi connectivity index (χ4v) is 3.07. The van der Waals surface area contributed by atoms with E-state index in [4.69, 9.17) is 4.74 Å². The third-order valence-electron chi connectivity index (χ3n) is 4.42. The van der Waals surface area contributed by atoms with Gasteiger partial charge in [0.25, 0.3) is 5.91 Å². The molecule has 0 saturated carbocycles. The number of nitrogens with one attached hydrogen (secondary N) is 1. The Kier molecular flexibility index (Phi) is 3.57. The smallest absolute Gasteiger partial charge is 0.260 e. The maximum Gasteiger partial charge on any atom is 0.260 e. The van der Waals surface area contributed by atoms with E-state index in [2.05, 4.69) is 5.32 Å². The van der Waals surface area contributed by atoms with Gasteiger partial charge in [0.05, 0.1) is 11.3 Å². The van der Waals surface area contributed by atoms with Crippen molar-refractivity contribution in [2.75, 3.05) is 30.9 Å². The predicted molar refractivity (Wildman–Crippen MR) is 96.6 cm³/mol. The molecule has 0 aromatic heterocycles. The minimum atomic E-state index is -0.380. The lowest BCUT2D eigenvalue weighted by Gasteiger charge is -2.12. The van der Waals surface area contributed by atoms with E-state index in [-0.39, 0.29) is 11.7 Å². The van der Waals surface area contributed by atoms with E-state index in [1.54, 1.807) is 6.07 Å². The highest BCUT2D eigenvalue weighted by Crippen LogP contribution is 2.38. The number of carbonyl (C=O) groups is 1. The van der Waals surface area contributed by atoms with Crippen molar-refractivity contribution in [3.63, 3.8) is 0 Å². The van der Waals surface area contributed by atoms with Crippen LogP contribution in [0.2, 0.25) is 0 Å². The average Bonchev–Trinajstić information content (AvgIpc) is 3.18. The van der Waals surface area contributed by atoms with E-state index >= 15 is 0 Å². The van der Waals surface area contributed by atoms with Crippen LogP contribution in [0.25, 0.3) is 11.1 Å². The van der Waals surface area contributed by atoms with Crippen molar-refractivity contribution in [2.24, 2.45) is 0 Å². The first-order valence-corrected chi connectivity index (χ1v) is 7.99. The lowest BCUT2D eigenvalue weighted by molar-refractivity contribution is -0.110. The highest BCUT2D eigenvalue weighted by atomic mass is 19.1. The van der Waals surface area contributed by atoms with Gasteiger partial charge in [-0.05, 0) is 42.0 Å². The number of anilines is 2. The van der Waals surface area contributed by atoms with E-state index in [0.29, 0.717) is 29.2 Å². The van der Waals surface area contributed by atoms with Gasteiger partial charge in [-0.15, -0.1) is 0 Å². The summed E-state index contributed by atoms with van der Waals surface area (Å²) >= 11 is 0. The number of carbonyl (C=O) groups excluding carboxylic acids is 1. The first-order valence-electron chi connectivity index (χ1n) is 7.99. The van der Waals surface area contributed by atoms with E-state index in [9.17, 15) is 9.18 Å². The maximum absolute atomic E-state index is 13.4. The van der Waals surface area contributed by atoms with Crippen molar-refractivity contribution in [2.45, 2.75) is 0 Å². The topological polar surface area (TPSA) is 41.6 Å². The van der Waals surface area contributed by atoms with Crippen LogP contribution in [0.5, 0.6) is 0 Å². The molecule has 4 nitrogen and oxygen atoms in total. The molecule has 0 aliphatic carbocycles. The van der Waals surface area contributed by atoms with Crippen molar-refractivity contribution in [3.05, 3.63) is 71.2 Å². The van der Waals surface area contributed by atoms with Gasteiger partial charge in [0.15, 0.2) is 0 Å². The summed E-state index contributed by atoms with van der Waals surface area (Å²) in [5, 5.41) is 2.69. The fraction of sp³-hybridized carbons (Fsp3) is 0.150. The summed E-state index contributed by atoms with van der Waals surface area (Å²) in [6.07, 6.45) is 1.89. The number of hydrogen-bond acceptors (Lipinski definition) is 3. The Balaban J connectivity index is 1.71. The van der Waals surface area contributed by atoms with Gasteiger partial charge in [-0.3, -0.25) is 4.79 Å². The van der Waals surface area contributed by atoms with E-state index in [0.717, 1.165) is 16.8 Å². The Bertz CT molecular complexity index is 927. The van der Waals surface area contributed by atoms with Gasteiger partial charge in [0.1, 0.15) is 18.2 Å². The zero-order valence-corrected chi connectivity index (χ0v) is 14.0. The zero-order chi connectivity index (χ0) is 17.6. The van der Waals surface area contributed by atoms with Gasteiger partial charge in [0, 0.05) is 30.9 Å². The Hall–Kier alpha value is -3.08. The maximum atomic E-state index is 13.4. The van der Waals surface area contributed by atoms with Gasteiger partial charge in [-0.1, -0.05) is 12.1 Å². The summed E-state index contributed by atoms with van der Waals surface area (Å²) < 4.78 is 19.1. The van der Waals surface area contributed by atoms with Gasteiger partial charge in [-0.25, -0.2) is 4.39 Å². The lowest BCUT2D eigenvalue weighted by atomic mass is 10.0. The third-order valence-corrected chi connectivity index (χ3v) is 4.42. The molecule has 0 spiro atoms. The van der Waals surface area contributed by atoms with Gasteiger partial charge < -0.3 is 15.0 Å². The van der Waals surface area contributed by atoms with Crippen molar-refractivity contribution in [3.8, 4) is 0 Å². The summed E-state index contributed by atoms with van der Waals surface area (Å²) in [6.45, 7) is 0.407. The molecule has 1 N–H and O–H groups in total. The third kappa shape index (κ3) is 2.67. The molecule has 25 heavy (non-hydrogen) atoms. The van der Waals surface area contributed by atoms with E-state index < -0.39 is 0 Å². The van der Waals surface area contributed by atoms with Gasteiger partial charge in [0.2, 0.25) is 0 Å². The molecule has 0 radical (unpaired) electrons. The summed E-state index contributed by atoms with van der Waals surface area (Å²) in [4.78, 5) is 14.3. The van der Waals surface area contributed by atoms with Crippen LogP contribution in [0.15, 0.2) is 54.3 Å². The molecule has 5 heteroatoms.